The Morgan fingerprint density at radius 1 is 1.25 bits per heavy atom. The number of carbonyl (C=O) groups excluding carboxylic acids is 1. The highest BCUT2D eigenvalue weighted by Crippen LogP contribution is 2.31. The van der Waals surface area contributed by atoms with Crippen LogP contribution >= 0.6 is 11.8 Å². The molecule has 1 atom stereocenters. The van der Waals surface area contributed by atoms with E-state index in [2.05, 4.69) is 17.1 Å². The summed E-state index contributed by atoms with van der Waals surface area (Å²) >= 11 is 1.49. The lowest BCUT2D eigenvalue weighted by molar-refractivity contribution is -0.126. The summed E-state index contributed by atoms with van der Waals surface area (Å²) in [4.78, 5) is 14.4. The summed E-state index contributed by atoms with van der Waals surface area (Å²) < 4.78 is 5.20. The third-order valence-corrected chi connectivity index (χ3v) is 4.86. The Bertz CT molecular complexity index is 726. The van der Waals surface area contributed by atoms with Crippen molar-refractivity contribution in [2.24, 2.45) is 10.2 Å². The zero-order valence-electron chi connectivity index (χ0n) is 13.5. The maximum absolute atomic E-state index is 12.7. The standard InChI is InChI=1S/C18H19N3O2S/c1-2-7-16-17(22)21(13-14-8-4-3-5-9-14)18(24-16)20-19-12-15-10-6-11-23-15/h3-6,8-12,16H,2,7,13H2,1H3/b19-12-,20-18-/t16-/m0/s1. The Morgan fingerprint density at radius 3 is 2.79 bits per heavy atom. The Balaban J connectivity index is 1.79. The largest absolute Gasteiger partial charge is 0.463 e. The second kappa shape index (κ2) is 7.97. The third-order valence-electron chi connectivity index (χ3n) is 3.63. The van der Waals surface area contributed by atoms with E-state index in [1.165, 1.54) is 11.8 Å². The van der Waals surface area contributed by atoms with E-state index in [0.717, 1.165) is 18.4 Å². The van der Waals surface area contributed by atoms with Crippen LogP contribution in [-0.4, -0.2) is 27.4 Å². The van der Waals surface area contributed by atoms with Crippen molar-refractivity contribution in [3.63, 3.8) is 0 Å². The number of hydrogen-bond acceptors (Lipinski definition) is 5. The molecule has 3 rings (SSSR count). The zero-order valence-corrected chi connectivity index (χ0v) is 14.3. The van der Waals surface area contributed by atoms with Gasteiger partial charge in [0.1, 0.15) is 5.76 Å². The van der Waals surface area contributed by atoms with Gasteiger partial charge in [0.2, 0.25) is 5.91 Å². The van der Waals surface area contributed by atoms with Crippen molar-refractivity contribution in [2.45, 2.75) is 31.6 Å². The van der Waals surface area contributed by atoms with E-state index >= 15 is 0 Å². The normalized spacial score (nSPS) is 19.7. The SMILES string of the molecule is CCC[C@@H]1S/C(=N\N=C/c2ccco2)N(Cc2ccccc2)C1=O. The van der Waals surface area contributed by atoms with Gasteiger partial charge in [-0.25, -0.2) is 0 Å². The van der Waals surface area contributed by atoms with Crippen LogP contribution in [-0.2, 0) is 11.3 Å². The van der Waals surface area contributed by atoms with Crippen LogP contribution in [0.5, 0.6) is 0 Å². The number of rotatable bonds is 6. The van der Waals surface area contributed by atoms with Gasteiger partial charge in [-0.2, -0.15) is 5.10 Å². The molecule has 1 aliphatic rings. The van der Waals surface area contributed by atoms with Crippen molar-refractivity contribution in [1.82, 2.24) is 4.90 Å². The van der Waals surface area contributed by atoms with E-state index in [0.29, 0.717) is 17.5 Å². The topological polar surface area (TPSA) is 58.2 Å². The van der Waals surface area contributed by atoms with Crippen molar-refractivity contribution >= 4 is 29.1 Å². The van der Waals surface area contributed by atoms with Gasteiger partial charge in [0, 0.05) is 0 Å². The fourth-order valence-corrected chi connectivity index (χ4v) is 3.66. The first-order valence-electron chi connectivity index (χ1n) is 7.94. The molecule has 0 aliphatic carbocycles. The maximum Gasteiger partial charge on any atom is 0.242 e. The molecule has 2 aromatic rings. The first kappa shape index (κ1) is 16.5. The molecule has 0 bridgehead atoms. The smallest absolute Gasteiger partial charge is 0.242 e. The predicted octanol–water partition coefficient (Wildman–Crippen LogP) is 3.91. The van der Waals surface area contributed by atoms with Gasteiger partial charge in [-0.3, -0.25) is 9.69 Å². The van der Waals surface area contributed by atoms with E-state index in [1.54, 1.807) is 29.5 Å². The minimum Gasteiger partial charge on any atom is -0.463 e. The summed E-state index contributed by atoms with van der Waals surface area (Å²) in [6.45, 7) is 2.60. The van der Waals surface area contributed by atoms with Crippen LogP contribution in [0.2, 0.25) is 0 Å². The van der Waals surface area contributed by atoms with Crippen molar-refractivity contribution in [2.75, 3.05) is 0 Å². The van der Waals surface area contributed by atoms with Crippen molar-refractivity contribution in [3.05, 3.63) is 60.1 Å². The van der Waals surface area contributed by atoms with E-state index < -0.39 is 0 Å². The summed E-state index contributed by atoms with van der Waals surface area (Å²) in [6.07, 6.45) is 4.94. The van der Waals surface area contributed by atoms with E-state index in [9.17, 15) is 4.79 Å². The molecule has 0 unspecified atom stereocenters. The molecule has 6 heteroatoms. The first-order chi connectivity index (χ1) is 11.8. The second-order valence-electron chi connectivity index (χ2n) is 5.45. The Kier molecular flexibility index (Phi) is 5.48. The molecule has 1 amide bonds. The van der Waals surface area contributed by atoms with Crippen LogP contribution in [0.4, 0.5) is 0 Å². The number of hydrogen-bond donors (Lipinski definition) is 0. The molecular weight excluding hydrogens is 322 g/mol. The van der Waals surface area contributed by atoms with Gasteiger partial charge >= 0.3 is 0 Å². The van der Waals surface area contributed by atoms with Gasteiger partial charge in [0.15, 0.2) is 5.17 Å². The Hall–Kier alpha value is -2.34. The average molecular weight is 341 g/mol. The molecule has 0 saturated carbocycles. The first-order valence-corrected chi connectivity index (χ1v) is 8.82. The highest BCUT2D eigenvalue weighted by molar-refractivity contribution is 8.15. The molecule has 0 spiro atoms. The fourth-order valence-electron chi connectivity index (χ4n) is 2.44. The van der Waals surface area contributed by atoms with Gasteiger partial charge in [-0.15, -0.1) is 5.10 Å². The molecule has 24 heavy (non-hydrogen) atoms. The number of carbonyl (C=O) groups is 1. The number of benzene rings is 1. The predicted molar refractivity (Wildman–Crippen MR) is 97.0 cm³/mol. The van der Waals surface area contributed by atoms with E-state index in [1.807, 2.05) is 30.3 Å². The maximum atomic E-state index is 12.7. The van der Waals surface area contributed by atoms with Gasteiger partial charge in [-0.05, 0) is 24.1 Å². The molecule has 124 valence electrons. The van der Waals surface area contributed by atoms with Crippen molar-refractivity contribution in [3.8, 4) is 0 Å². The molecule has 5 nitrogen and oxygen atoms in total. The number of nitrogens with zero attached hydrogens (tertiary/aromatic N) is 3. The number of amides is 1. The van der Waals surface area contributed by atoms with Crippen molar-refractivity contribution < 1.29 is 9.21 Å². The number of thioether (sulfide) groups is 1. The summed E-state index contributed by atoms with van der Waals surface area (Å²) in [5, 5.41) is 8.89. The molecule has 1 aromatic carbocycles. The minimum absolute atomic E-state index is 0.0729. The molecular formula is C18H19N3O2S. The van der Waals surface area contributed by atoms with Crippen LogP contribution in [0.15, 0.2) is 63.3 Å². The van der Waals surface area contributed by atoms with Crippen LogP contribution < -0.4 is 0 Å². The summed E-state index contributed by atoms with van der Waals surface area (Å²) in [5.74, 6) is 0.742. The van der Waals surface area contributed by atoms with Gasteiger partial charge in [-0.1, -0.05) is 55.4 Å². The highest BCUT2D eigenvalue weighted by Gasteiger charge is 2.37. The lowest BCUT2D eigenvalue weighted by atomic mass is 10.2. The second-order valence-corrected chi connectivity index (χ2v) is 6.62. The molecule has 0 radical (unpaired) electrons. The quantitative estimate of drug-likeness (QED) is 0.591. The lowest BCUT2D eigenvalue weighted by Crippen LogP contribution is -2.31. The molecule has 1 saturated heterocycles. The monoisotopic (exact) mass is 341 g/mol. The van der Waals surface area contributed by atoms with Gasteiger partial charge in [0.25, 0.3) is 0 Å². The summed E-state index contributed by atoms with van der Waals surface area (Å²) in [6, 6.07) is 13.5. The van der Waals surface area contributed by atoms with Crippen LogP contribution in [0, 0.1) is 0 Å². The minimum atomic E-state index is -0.0729. The Labute approximate surface area is 145 Å². The highest BCUT2D eigenvalue weighted by atomic mass is 32.2. The van der Waals surface area contributed by atoms with E-state index in [-0.39, 0.29) is 11.2 Å². The average Bonchev–Trinajstić information content (AvgIpc) is 3.21. The summed E-state index contributed by atoms with van der Waals surface area (Å²) in [5.41, 5.74) is 1.08. The summed E-state index contributed by atoms with van der Waals surface area (Å²) in [7, 11) is 0. The van der Waals surface area contributed by atoms with Crippen LogP contribution in [0.3, 0.4) is 0 Å². The molecule has 1 fully saturated rings. The Morgan fingerprint density at radius 2 is 2.08 bits per heavy atom. The number of amidine groups is 1. The number of furan rings is 1. The van der Waals surface area contributed by atoms with Gasteiger partial charge in [0.05, 0.1) is 24.3 Å². The van der Waals surface area contributed by atoms with Crippen LogP contribution in [0.25, 0.3) is 0 Å². The zero-order chi connectivity index (χ0) is 16.8. The molecule has 0 N–H and O–H groups in total. The van der Waals surface area contributed by atoms with Gasteiger partial charge < -0.3 is 4.42 Å². The molecule has 1 aliphatic heterocycles. The fraction of sp³-hybridized carbons (Fsp3) is 0.278. The lowest BCUT2D eigenvalue weighted by Gasteiger charge is -2.15. The molecule has 2 heterocycles. The van der Waals surface area contributed by atoms with E-state index in [4.69, 9.17) is 4.42 Å². The van der Waals surface area contributed by atoms with Crippen molar-refractivity contribution in [1.29, 1.82) is 0 Å². The molecule has 1 aromatic heterocycles. The third kappa shape index (κ3) is 3.94. The van der Waals surface area contributed by atoms with Crippen LogP contribution in [0.1, 0.15) is 31.1 Å².